The lowest BCUT2D eigenvalue weighted by Gasteiger charge is -2.28. The van der Waals surface area contributed by atoms with Crippen molar-refractivity contribution in [2.24, 2.45) is 0 Å². The topological polar surface area (TPSA) is 102 Å². The number of nitrogens with zero attached hydrogens (tertiary/aromatic N) is 2. The second kappa shape index (κ2) is 7.22. The summed E-state index contributed by atoms with van der Waals surface area (Å²) in [5, 5.41) is 13.8. The number of nitro benzene ring substituents is 1. The molecule has 26 heavy (non-hydrogen) atoms. The summed E-state index contributed by atoms with van der Waals surface area (Å²) < 4.78 is 5.29. The third-order valence-corrected chi connectivity index (χ3v) is 4.07. The molecule has 134 valence electrons. The zero-order valence-corrected chi connectivity index (χ0v) is 14.1. The molecule has 0 radical (unpaired) electrons. The second-order valence-corrected chi connectivity index (χ2v) is 5.74. The number of para-hydroxylation sites is 1. The van der Waals surface area contributed by atoms with Crippen molar-refractivity contribution < 1.29 is 19.2 Å². The first-order valence-corrected chi connectivity index (χ1v) is 8.09. The van der Waals surface area contributed by atoms with Gasteiger partial charge in [0.05, 0.1) is 10.6 Å². The smallest absolute Gasteiger partial charge is 0.271 e. The average molecular weight is 355 g/mol. The van der Waals surface area contributed by atoms with E-state index in [0.29, 0.717) is 11.4 Å². The zero-order chi connectivity index (χ0) is 18.7. The van der Waals surface area contributed by atoms with Gasteiger partial charge in [0.25, 0.3) is 11.6 Å². The number of aryl methyl sites for hydroxylation is 1. The van der Waals surface area contributed by atoms with E-state index in [4.69, 9.17) is 4.74 Å². The molecule has 8 heteroatoms. The number of nitro groups is 1. The molecule has 1 aliphatic heterocycles. The molecule has 0 atom stereocenters. The highest BCUT2D eigenvalue weighted by Gasteiger charge is 2.29. The third-order valence-electron chi connectivity index (χ3n) is 4.07. The van der Waals surface area contributed by atoms with Gasteiger partial charge in [-0.05, 0) is 24.1 Å². The number of amides is 2. The molecular formula is C18H17N3O5. The van der Waals surface area contributed by atoms with Crippen LogP contribution >= 0.6 is 0 Å². The van der Waals surface area contributed by atoms with Crippen LogP contribution in [0, 0.1) is 10.1 Å². The van der Waals surface area contributed by atoms with Gasteiger partial charge in [-0.2, -0.15) is 0 Å². The van der Waals surface area contributed by atoms with E-state index in [1.165, 1.54) is 23.1 Å². The lowest BCUT2D eigenvalue weighted by molar-refractivity contribution is -0.384. The molecule has 0 spiro atoms. The molecule has 0 saturated carbocycles. The van der Waals surface area contributed by atoms with Gasteiger partial charge in [0.1, 0.15) is 12.3 Å². The van der Waals surface area contributed by atoms with Crippen molar-refractivity contribution in [3.05, 3.63) is 58.1 Å². The van der Waals surface area contributed by atoms with Crippen LogP contribution in [0.5, 0.6) is 5.75 Å². The lowest BCUT2D eigenvalue weighted by Crippen LogP contribution is -2.43. The van der Waals surface area contributed by atoms with Gasteiger partial charge in [-0.3, -0.25) is 24.6 Å². The minimum Gasteiger partial charge on any atom is -0.482 e. The Kier molecular flexibility index (Phi) is 4.83. The zero-order valence-electron chi connectivity index (χ0n) is 14.1. The number of carbonyl (C=O) groups is 2. The molecule has 0 aliphatic carbocycles. The Balaban J connectivity index is 1.83. The summed E-state index contributed by atoms with van der Waals surface area (Å²) in [6, 6.07) is 11.4. The maximum absolute atomic E-state index is 12.4. The predicted molar refractivity (Wildman–Crippen MR) is 95.4 cm³/mol. The molecular weight excluding hydrogens is 338 g/mol. The number of carbonyl (C=O) groups excluding carboxylic acids is 2. The van der Waals surface area contributed by atoms with E-state index >= 15 is 0 Å². The maximum atomic E-state index is 12.4. The Hall–Kier alpha value is -3.42. The first-order chi connectivity index (χ1) is 12.5. The van der Waals surface area contributed by atoms with Gasteiger partial charge in [-0.15, -0.1) is 0 Å². The normalized spacial score (nSPS) is 13.0. The van der Waals surface area contributed by atoms with Crippen LogP contribution in [0.4, 0.5) is 17.1 Å². The molecule has 1 aliphatic rings. The fourth-order valence-corrected chi connectivity index (χ4v) is 2.76. The molecule has 2 aromatic carbocycles. The highest BCUT2D eigenvalue weighted by atomic mass is 16.6. The Labute approximate surface area is 149 Å². The van der Waals surface area contributed by atoms with Crippen molar-refractivity contribution in [2.75, 3.05) is 23.4 Å². The fraction of sp³-hybridized carbons (Fsp3) is 0.222. The molecule has 0 saturated heterocycles. The van der Waals surface area contributed by atoms with Crippen LogP contribution in [0.2, 0.25) is 0 Å². The van der Waals surface area contributed by atoms with Crippen LogP contribution in [-0.2, 0) is 16.0 Å². The van der Waals surface area contributed by atoms with Crippen molar-refractivity contribution in [1.82, 2.24) is 0 Å². The van der Waals surface area contributed by atoms with Gasteiger partial charge in [0.2, 0.25) is 5.91 Å². The average Bonchev–Trinajstić information content (AvgIpc) is 2.64. The summed E-state index contributed by atoms with van der Waals surface area (Å²) in [6.45, 7) is 1.50. The number of hydrogen-bond donors (Lipinski definition) is 1. The van der Waals surface area contributed by atoms with Crippen LogP contribution in [-0.4, -0.2) is 29.9 Å². The number of nitrogens with one attached hydrogen (secondary N) is 1. The molecule has 0 fully saturated rings. The van der Waals surface area contributed by atoms with Crippen LogP contribution < -0.4 is 15.0 Å². The molecule has 8 nitrogen and oxygen atoms in total. The van der Waals surface area contributed by atoms with Crippen molar-refractivity contribution in [3.63, 3.8) is 0 Å². The Morgan fingerprint density at radius 2 is 2.08 bits per heavy atom. The van der Waals surface area contributed by atoms with Crippen molar-refractivity contribution >= 4 is 28.9 Å². The van der Waals surface area contributed by atoms with E-state index in [-0.39, 0.29) is 24.5 Å². The number of benzene rings is 2. The summed E-state index contributed by atoms with van der Waals surface area (Å²) in [7, 11) is 0. The van der Waals surface area contributed by atoms with Gasteiger partial charge in [-0.1, -0.05) is 25.1 Å². The number of ether oxygens (including phenoxy) is 1. The SMILES string of the molecule is CCc1ccccc1NC(=O)CN1C(=O)COc2ccc([N+](=O)[O-])cc21. The number of hydrogen-bond acceptors (Lipinski definition) is 5. The molecule has 1 N–H and O–H groups in total. The van der Waals surface area contributed by atoms with Crippen LogP contribution in [0.1, 0.15) is 12.5 Å². The Morgan fingerprint density at radius 3 is 2.81 bits per heavy atom. The van der Waals surface area contributed by atoms with Gasteiger partial charge in [0.15, 0.2) is 6.61 Å². The van der Waals surface area contributed by atoms with Crippen LogP contribution in [0.25, 0.3) is 0 Å². The minimum atomic E-state index is -0.560. The molecule has 1 heterocycles. The van der Waals surface area contributed by atoms with E-state index in [0.717, 1.165) is 12.0 Å². The van der Waals surface area contributed by atoms with Crippen molar-refractivity contribution in [3.8, 4) is 5.75 Å². The number of rotatable bonds is 5. The fourth-order valence-electron chi connectivity index (χ4n) is 2.76. The molecule has 3 rings (SSSR count). The van der Waals surface area contributed by atoms with E-state index in [1.807, 2.05) is 25.1 Å². The van der Waals surface area contributed by atoms with Gasteiger partial charge in [0, 0.05) is 17.8 Å². The Morgan fingerprint density at radius 1 is 1.31 bits per heavy atom. The van der Waals surface area contributed by atoms with Gasteiger partial charge < -0.3 is 10.1 Å². The lowest BCUT2D eigenvalue weighted by atomic mass is 10.1. The van der Waals surface area contributed by atoms with E-state index in [9.17, 15) is 19.7 Å². The summed E-state index contributed by atoms with van der Waals surface area (Å²) in [4.78, 5) is 36.3. The second-order valence-electron chi connectivity index (χ2n) is 5.74. The monoisotopic (exact) mass is 355 g/mol. The highest BCUT2D eigenvalue weighted by molar-refractivity contribution is 6.05. The molecule has 0 bridgehead atoms. The number of anilines is 2. The largest absolute Gasteiger partial charge is 0.482 e. The molecule has 2 aromatic rings. The molecule has 2 amide bonds. The van der Waals surface area contributed by atoms with E-state index < -0.39 is 16.7 Å². The van der Waals surface area contributed by atoms with Crippen molar-refractivity contribution in [2.45, 2.75) is 13.3 Å². The number of fused-ring (bicyclic) bond motifs is 1. The third kappa shape index (κ3) is 3.49. The summed E-state index contributed by atoms with van der Waals surface area (Å²) in [5.74, 6) is -0.493. The predicted octanol–water partition coefficient (Wildman–Crippen LogP) is 2.52. The van der Waals surface area contributed by atoms with Gasteiger partial charge >= 0.3 is 0 Å². The molecule has 0 aromatic heterocycles. The Bertz CT molecular complexity index is 881. The van der Waals surface area contributed by atoms with E-state index in [1.54, 1.807) is 6.07 Å². The van der Waals surface area contributed by atoms with Crippen LogP contribution in [0.15, 0.2) is 42.5 Å². The van der Waals surface area contributed by atoms with E-state index in [2.05, 4.69) is 5.32 Å². The summed E-state index contributed by atoms with van der Waals surface area (Å²) >= 11 is 0. The number of non-ortho nitro benzene ring substituents is 1. The summed E-state index contributed by atoms with van der Waals surface area (Å²) in [6.07, 6.45) is 0.752. The van der Waals surface area contributed by atoms with Crippen LogP contribution in [0.3, 0.4) is 0 Å². The minimum absolute atomic E-state index is 0.177. The maximum Gasteiger partial charge on any atom is 0.271 e. The van der Waals surface area contributed by atoms with Gasteiger partial charge in [-0.25, -0.2) is 0 Å². The van der Waals surface area contributed by atoms with Crippen molar-refractivity contribution in [1.29, 1.82) is 0 Å². The first-order valence-electron chi connectivity index (χ1n) is 8.09. The standard InChI is InChI=1S/C18H17N3O5/c1-2-12-5-3-4-6-14(12)19-17(22)10-20-15-9-13(21(24)25)7-8-16(15)26-11-18(20)23/h3-9H,2,10-11H2,1H3,(H,19,22). The molecule has 0 unspecified atom stereocenters. The highest BCUT2D eigenvalue weighted by Crippen LogP contribution is 2.35. The quantitative estimate of drug-likeness (QED) is 0.656. The first kappa shape index (κ1) is 17.4. The summed E-state index contributed by atoms with van der Waals surface area (Å²) in [5.41, 5.74) is 1.70.